The molecular formula is C10H11BrO2. The maximum absolute atomic E-state index is 11.1. The molecule has 0 saturated heterocycles. The molecule has 70 valence electrons. The molecule has 2 nitrogen and oxygen atoms in total. The van der Waals surface area contributed by atoms with Gasteiger partial charge in [0.05, 0.1) is 12.4 Å². The highest BCUT2D eigenvalue weighted by Crippen LogP contribution is 2.17. The van der Waals surface area contributed by atoms with Crippen LogP contribution in [0.25, 0.3) is 0 Å². The van der Waals surface area contributed by atoms with Crippen molar-refractivity contribution >= 4 is 21.7 Å². The first-order valence-corrected chi connectivity index (χ1v) is 5.09. The number of methoxy groups -OCH3 is 1. The molecule has 0 N–H and O–H groups in total. The highest BCUT2D eigenvalue weighted by atomic mass is 79.9. The zero-order valence-electron chi connectivity index (χ0n) is 7.42. The monoisotopic (exact) mass is 242 g/mol. The minimum absolute atomic E-state index is 0.157. The lowest BCUT2D eigenvalue weighted by atomic mass is 10.1. The molecular weight excluding hydrogens is 232 g/mol. The summed E-state index contributed by atoms with van der Waals surface area (Å²) in [6.45, 7) is 0. The van der Waals surface area contributed by atoms with Gasteiger partial charge in [0.2, 0.25) is 0 Å². The molecule has 0 aliphatic heterocycles. The summed E-state index contributed by atoms with van der Waals surface area (Å²) in [6.07, 6.45) is 0.426. The molecule has 1 rings (SSSR count). The maximum atomic E-state index is 11.1. The molecule has 1 aromatic carbocycles. The second-order valence-corrected chi connectivity index (χ2v) is 3.22. The summed E-state index contributed by atoms with van der Waals surface area (Å²) >= 11 is 3.13. The Kier molecular flexibility index (Phi) is 3.96. The smallest absolute Gasteiger partial charge is 0.147 e. The lowest BCUT2D eigenvalue weighted by Crippen LogP contribution is -2.04. The molecule has 0 aromatic heterocycles. The van der Waals surface area contributed by atoms with E-state index in [1.54, 1.807) is 7.11 Å². The molecule has 0 aliphatic rings. The third-order valence-corrected chi connectivity index (χ3v) is 2.35. The molecule has 0 bridgehead atoms. The number of ketones is 1. The normalized spacial score (nSPS) is 9.69. The number of para-hydroxylation sites is 1. The summed E-state index contributed by atoms with van der Waals surface area (Å²) in [5, 5.41) is 0.394. The van der Waals surface area contributed by atoms with Crippen molar-refractivity contribution in [2.45, 2.75) is 6.42 Å². The van der Waals surface area contributed by atoms with Crippen LogP contribution in [-0.4, -0.2) is 18.2 Å². The molecule has 0 aliphatic carbocycles. The average molecular weight is 243 g/mol. The van der Waals surface area contributed by atoms with E-state index >= 15 is 0 Å². The van der Waals surface area contributed by atoms with Crippen molar-refractivity contribution in [2.75, 3.05) is 12.4 Å². The number of hydrogen-bond acceptors (Lipinski definition) is 2. The van der Waals surface area contributed by atoms with Crippen LogP contribution < -0.4 is 4.74 Å². The predicted molar refractivity (Wildman–Crippen MR) is 55.5 cm³/mol. The Morgan fingerprint density at radius 3 is 2.77 bits per heavy atom. The van der Waals surface area contributed by atoms with Crippen molar-refractivity contribution in [2.24, 2.45) is 0 Å². The van der Waals surface area contributed by atoms with E-state index in [1.165, 1.54) is 0 Å². The van der Waals surface area contributed by atoms with E-state index in [1.807, 2.05) is 24.3 Å². The van der Waals surface area contributed by atoms with E-state index < -0.39 is 0 Å². The van der Waals surface area contributed by atoms with Gasteiger partial charge in [0, 0.05) is 12.0 Å². The van der Waals surface area contributed by atoms with Gasteiger partial charge in [0.25, 0.3) is 0 Å². The fourth-order valence-electron chi connectivity index (χ4n) is 1.11. The number of benzene rings is 1. The highest BCUT2D eigenvalue weighted by molar-refractivity contribution is 9.09. The Labute approximate surface area is 86.0 Å². The van der Waals surface area contributed by atoms with Gasteiger partial charge >= 0.3 is 0 Å². The van der Waals surface area contributed by atoms with Gasteiger partial charge in [-0.1, -0.05) is 34.1 Å². The Bertz CT molecular complexity index is 297. The van der Waals surface area contributed by atoms with Gasteiger partial charge < -0.3 is 4.74 Å². The Morgan fingerprint density at radius 2 is 2.15 bits per heavy atom. The second kappa shape index (κ2) is 5.02. The molecule has 0 fully saturated rings. The molecule has 0 spiro atoms. The van der Waals surface area contributed by atoms with Crippen molar-refractivity contribution in [1.82, 2.24) is 0 Å². The van der Waals surface area contributed by atoms with Crippen LogP contribution in [0, 0.1) is 0 Å². The first-order valence-electron chi connectivity index (χ1n) is 3.97. The number of ether oxygens (including phenoxy) is 1. The first kappa shape index (κ1) is 10.3. The van der Waals surface area contributed by atoms with Gasteiger partial charge in [-0.15, -0.1) is 0 Å². The quantitative estimate of drug-likeness (QED) is 0.758. The fourth-order valence-corrected chi connectivity index (χ4v) is 1.31. The van der Waals surface area contributed by atoms with Crippen LogP contribution >= 0.6 is 15.9 Å². The van der Waals surface area contributed by atoms with E-state index in [2.05, 4.69) is 15.9 Å². The van der Waals surface area contributed by atoms with Crippen LogP contribution in [0.3, 0.4) is 0 Å². The van der Waals surface area contributed by atoms with Crippen molar-refractivity contribution in [3.8, 4) is 5.75 Å². The molecule has 3 heteroatoms. The molecule has 0 amide bonds. The standard InChI is InChI=1S/C10H11BrO2/c1-13-10-5-3-2-4-8(10)6-9(12)7-11/h2-5H,6-7H2,1H3. The molecule has 0 heterocycles. The van der Waals surface area contributed by atoms with Crippen LogP contribution in [0.1, 0.15) is 5.56 Å². The van der Waals surface area contributed by atoms with Gasteiger partial charge in [-0.2, -0.15) is 0 Å². The molecule has 0 unspecified atom stereocenters. The summed E-state index contributed by atoms with van der Waals surface area (Å²) in [5.74, 6) is 0.932. The number of halogens is 1. The minimum Gasteiger partial charge on any atom is -0.496 e. The van der Waals surface area contributed by atoms with Crippen LogP contribution in [0.4, 0.5) is 0 Å². The van der Waals surface area contributed by atoms with Gasteiger partial charge in [-0.25, -0.2) is 0 Å². The second-order valence-electron chi connectivity index (χ2n) is 2.66. The molecule has 0 atom stereocenters. The largest absolute Gasteiger partial charge is 0.496 e. The third-order valence-electron chi connectivity index (χ3n) is 1.73. The zero-order chi connectivity index (χ0) is 9.68. The van der Waals surface area contributed by atoms with E-state index in [9.17, 15) is 4.79 Å². The van der Waals surface area contributed by atoms with Gasteiger partial charge in [-0.3, -0.25) is 4.79 Å². The molecule has 1 aromatic rings. The van der Waals surface area contributed by atoms with Gasteiger partial charge in [0.1, 0.15) is 11.5 Å². The van der Waals surface area contributed by atoms with E-state index in [0.717, 1.165) is 11.3 Å². The number of alkyl halides is 1. The number of hydrogen-bond donors (Lipinski definition) is 0. The van der Waals surface area contributed by atoms with E-state index in [0.29, 0.717) is 11.8 Å². The summed E-state index contributed by atoms with van der Waals surface area (Å²) in [6, 6.07) is 7.55. The lowest BCUT2D eigenvalue weighted by molar-refractivity contribution is -0.115. The predicted octanol–water partition coefficient (Wildman–Crippen LogP) is 2.20. The summed E-state index contributed by atoms with van der Waals surface area (Å²) in [5.41, 5.74) is 0.939. The average Bonchev–Trinajstić information content (AvgIpc) is 2.18. The van der Waals surface area contributed by atoms with Crippen LogP contribution in [-0.2, 0) is 11.2 Å². The number of carbonyl (C=O) groups is 1. The summed E-state index contributed by atoms with van der Waals surface area (Å²) in [4.78, 5) is 11.1. The number of Topliss-reactive ketones (excluding diaryl/α,β-unsaturated/α-hetero) is 1. The maximum Gasteiger partial charge on any atom is 0.147 e. The van der Waals surface area contributed by atoms with Crippen molar-refractivity contribution in [3.63, 3.8) is 0 Å². The summed E-state index contributed by atoms with van der Waals surface area (Å²) < 4.78 is 5.12. The van der Waals surface area contributed by atoms with E-state index in [4.69, 9.17) is 4.74 Å². The fraction of sp³-hybridized carbons (Fsp3) is 0.300. The van der Waals surface area contributed by atoms with Crippen molar-refractivity contribution in [3.05, 3.63) is 29.8 Å². The zero-order valence-corrected chi connectivity index (χ0v) is 9.00. The molecule has 0 saturated carbocycles. The van der Waals surface area contributed by atoms with E-state index in [-0.39, 0.29) is 5.78 Å². The SMILES string of the molecule is COc1ccccc1CC(=O)CBr. The van der Waals surface area contributed by atoms with Crippen LogP contribution in [0.5, 0.6) is 5.75 Å². The number of carbonyl (C=O) groups excluding carboxylic acids is 1. The third kappa shape index (κ3) is 2.84. The van der Waals surface area contributed by atoms with Crippen molar-refractivity contribution in [1.29, 1.82) is 0 Å². The summed E-state index contributed by atoms with van der Waals surface area (Å²) in [7, 11) is 1.61. The Morgan fingerprint density at radius 1 is 1.46 bits per heavy atom. The van der Waals surface area contributed by atoms with Crippen molar-refractivity contribution < 1.29 is 9.53 Å². The molecule has 0 radical (unpaired) electrons. The van der Waals surface area contributed by atoms with Crippen LogP contribution in [0.2, 0.25) is 0 Å². The Balaban J connectivity index is 2.81. The Hall–Kier alpha value is -0.830. The molecule has 13 heavy (non-hydrogen) atoms. The van der Waals surface area contributed by atoms with Crippen LogP contribution in [0.15, 0.2) is 24.3 Å². The first-order chi connectivity index (χ1) is 6.27. The van der Waals surface area contributed by atoms with Gasteiger partial charge in [0.15, 0.2) is 0 Å². The lowest BCUT2D eigenvalue weighted by Gasteiger charge is -2.05. The van der Waals surface area contributed by atoms with Gasteiger partial charge in [-0.05, 0) is 6.07 Å². The highest BCUT2D eigenvalue weighted by Gasteiger charge is 2.05. The minimum atomic E-state index is 0.157. The number of rotatable bonds is 4. The topological polar surface area (TPSA) is 26.3 Å².